The van der Waals surface area contributed by atoms with Gasteiger partial charge < -0.3 is 10.2 Å². The van der Waals surface area contributed by atoms with Gasteiger partial charge in [-0.3, -0.25) is 0 Å². The molecule has 1 spiro atoms. The second-order valence-electron chi connectivity index (χ2n) is 6.15. The quantitative estimate of drug-likeness (QED) is 0.872. The molecule has 2 aliphatic rings. The van der Waals surface area contributed by atoms with E-state index in [1.165, 1.54) is 25.7 Å². The van der Waals surface area contributed by atoms with Crippen molar-refractivity contribution in [3.63, 3.8) is 0 Å². The van der Waals surface area contributed by atoms with Crippen LogP contribution in [0.1, 0.15) is 39.0 Å². The summed E-state index contributed by atoms with van der Waals surface area (Å²) in [6.07, 6.45) is 6.27. The van der Waals surface area contributed by atoms with Crippen LogP contribution in [-0.4, -0.2) is 24.7 Å². The summed E-state index contributed by atoms with van der Waals surface area (Å²) >= 11 is 3.53. The molecular formula is C16H22BrFN2. The van der Waals surface area contributed by atoms with Gasteiger partial charge in [-0.25, -0.2) is 4.39 Å². The third-order valence-corrected chi connectivity index (χ3v) is 5.51. The minimum Gasteiger partial charge on any atom is -0.365 e. The Hall–Kier alpha value is -0.610. The number of halogens is 2. The first-order chi connectivity index (χ1) is 9.63. The zero-order chi connectivity index (χ0) is 14.2. The number of anilines is 1. The lowest BCUT2D eigenvalue weighted by Gasteiger charge is -2.47. The summed E-state index contributed by atoms with van der Waals surface area (Å²) < 4.78 is 14.2. The third kappa shape index (κ3) is 2.60. The van der Waals surface area contributed by atoms with Crippen LogP contribution < -0.4 is 10.2 Å². The van der Waals surface area contributed by atoms with Gasteiger partial charge in [0.1, 0.15) is 5.82 Å². The molecule has 4 heteroatoms. The Balaban J connectivity index is 1.90. The zero-order valence-corrected chi connectivity index (χ0v) is 13.5. The molecule has 1 saturated carbocycles. The molecule has 20 heavy (non-hydrogen) atoms. The van der Waals surface area contributed by atoms with Gasteiger partial charge in [0, 0.05) is 29.1 Å². The van der Waals surface area contributed by atoms with Crippen LogP contribution in [0.3, 0.4) is 0 Å². The van der Waals surface area contributed by atoms with Gasteiger partial charge in [-0.2, -0.15) is 0 Å². The van der Waals surface area contributed by atoms with Crippen LogP contribution in [0.15, 0.2) is 22.7 Å². The molecule has 1 atom stereocenters. The fourth-order valence-corrected chi connectivity index (χ4v) is 4.28. The number of hydrogen-bond acceptors (Lipinski definition) is 2. The molecule has 2 fully saturated rings. The van der Waals surface area contributed by atoms with Gasteiger partial charge in [-0.05, 0) is 53.4 Å². The van der Waals surface area contributed by atoms with Crippen molar-refractivity contribution in [2.24, 2.45) is 0 Å². The summed E-state index contributed by atoms with van der Waals surface area (Å²) in [6.45, 7) is 4.29. The minimum atomic E-state index is -0.181. The Morgan fingerprint density at radius 3 is 2.80 bits per heavy atom. The van der Waals surface area contributed by atoms with E-state index < -0.39 is 0 Å². The highest BCUT2D eigenvalue weighted by Gasteiger charge is 2.41. The van der Waals surface area contributed by atoms with E-state index in [1.54, 1.807) is 12.1 Å². The Morgan fingerprint density at radius 1 is 1.40 bits per heavy atom. The number of benzene rings is 1. The second kappa shape index (κ2) is 5.64. The van der Waals surface area contributed by atoms with E-state index in [-0.39, 0.29) is 11.4 Å². The number of hydrogen-bond donors (Lipinski definition) is 1. The molecule has 3 rings (SSSR count). The summed E-state index contributed by atoms with van der Waals surface area (Å²) in [6, 6.07) is 5.54. The van der Waals surface area contributed by atoms with E-state index in [0.717, 1.165) is 29.7 Å². The fourth-order valence-electron chi connectivity index (χ4n) is 3.70. The zero-order valence-electron chi connectivity index (χ0n) is 12.0. The van der Waals surface area contributed by atoms with E-state index in [0.29, 0.717) is 6.04 Å². The average molecular weight is 341 g/mol. The van der Waals surface area contributed by atoms with Crippen molar-refractivity contribution in [3.8, 4) is 0 Å². The number of piperazine rings is 1. The minimum absolute atomic E-state index is 0.181. The molecule has 110 valence electrons. The summed E-state index contributed by atoms with van der Waals surface area (Å²) in [4.78, 5) is 2.48. The Bertz CT molecular complexity index is 485. The van der Waals surface area contributed by atoms with Crippen molar-refractivity contribution in [2.45, 2.75) is 50.6 Å². The van der Waals surface area contributed by atoms with Crippen molar-refractivity contribution < 1.29 is 4.39 Å². The first-order valence-corrected chi connectivity index (χ1v) is 8.39. The fraction of sp³-hybridized carbons (Fsp3) is 0.625. The van der Waals surface area contributed by atoms with Crippen LogP contribution in [0.4, 0.5) is 10.1 Å². The summed E-state index contributed by atoms with van der Waals surface area (Å²) in [5.74, 6) is -0.181. The lowest BCUT2D eigenvalue weighted by molar-refractivity contribution is 0.267. The lowest BCUT2D eigenvalue weighted by Crippen LogP contribution is -2.63. The number of rotatable bonds is 2. The van der Waals surface area contributed by atoms with Crippen LogP contribution in [0.25, 0.3) is 0 Å². The Morgan fingerprint density at radius 2 is 2.15 bits per heavy atom. The molecule has 1 aliphatic carbocycles. The third-order valence-electron chi connectivity index (χ3n) is 4.88. The van der Waals surface area contributed by atoms with E-state index >= 15 is 0 Å². The van der Waals surface area contributed by atoms with E-state index in [2.05, 4.69) is 33.1 Å². The summed E-state index contributed by atoms with van der Waals surface area (Å²) in [5, 5.41) is 3.80. The van der Waals surface area contributed by atoms with Gasteiger partial charge in [-0.15, -0.1) is 0 Å². The van der Waals surface area contributed by atoms with E-state index in [1.807, 2.05) is 6.07 Å². The van der Waals surface area contributed by atoms with Crippen LogP contribution in [0, 0.1) is 5.82 Å². The standard InChI is InChI=1S/C16H22BrFN2/c1-2-13-10-19-16(7-3-4-8-16)11-20(13)15-6-5-12(18)9-14(15)17/h5-6,9,13,19H,2-4,7-8,10-11H2,1H3. The van der Waals surface area contributed by atoms with Gasteiger partial charge in [0.25, 0.3) is 0 Å². The molecule has 1 aromatic carbocycles. The average Bonchev–Trinajstić information content (AvgIpc) is 2.87. The predicted molar refractivity (Wildman–Crippen MR) is 84.7 cm³/mol. The van der Waals surface area contributed by atoms with Crippen molar-refractivity contribution in [3.05, 3.63) is 28.5 Å². The maximum Gasteiger partial charge on any atom is 0.124 e. The Kier molecular flexibility index (Phi) is 4.04. The summed E-state index contributed by atoms with van der Waals surface area (Å²) in [7, 11) is 0. The second-order valence-corrected chi connectivity index (χ2v) is 7.01. The molecule has 1 saturated heterocycles. The molecule has 1 N–H and O–H groups in total. The first kappa shape index (κ1) is 14.3. The maximum atomic E-state index is 13.3. The number of nitrogens with zero attached hydrogens (tertiary/aromatic N) is 1. The lowest BCUT2D eigenvalue weighted by atomic mass is 9.91. The van der Waals surface area contributed by atoms with E-state index in [9.17, 15) is 4.39 Å². The summed E-state index contributed by atoms with van der Waals surface area (Å²) in [5.41, 5.74) is 1.41. The van der Waals surface area contributed by atoms with Gasteiger partial charge in [0.2, 0.25) is 0 Å². The van der Waals surface area contributed by atoms with Crippen molar-refractivity contribution in [1.82, 2.24) is 5.32 Å². The highest BCUT2D eigenvalue weighted by atomic mass is 79.9. The highest BCUT2D eigenvalue weighted by molar-refractivity contribution is 9.10. The molecule has 0 bridgehead atoms. The van der Waals surface area contributed by atoms with Crippen molar-refractivity contribution in [2.75, 3.05) is 18.0 Å². The van der Waals surface area contributed by atoms with Crippen LogP contribution >= 0.6 is 15.9 Å². The number of nitrogens with one attached hydrogen (secondary N) is 1. The van der Waals surface area contributed by atoms with E-state index in [4.69, 9.17) is 0 Å². The van der Waals surface area contributed by atoms with Crippen molar-refractivity contribution in [1.29, 1.82) is 0 Å². The molecule has 1 aromatic rings. The predicted octanol–water partition coefficient (Wildman–Crippen LogP) is 4.09. The molecular weight excluding hydrogens is 319 g/mol. The Labute approximate surface area is 128 Å². The largest absolute Gasteiger partial charge is 0.365 e. The van der Waals surface area contributed by atoms with Crippen LogP contribution in [0.2, 0.25) is 0 Å². The first-order valence-electron chi connectivity index (χ1n) is 7.60. The molecule has 0 radical (unpaired) electrons. The highest BCUT2D eigenvalue weighted by Crippen LogP contribution is 2.37. The molecule has 1 unspecified atom stereocenters. The molecule has 2 nitrogen and oxygen atoms in total. The maximum absolute atomic E-state index is 13.3. The van der Waals surface area contributed by atoms with Gasteiger partial charge in [-0.1, -0.05) is 19.8 Å². The van der Waals surface area contributed by atoms with Crippen LogP contribution in [-0.2, 0) is 0 Å². The van der Waals surface area contributed by atoms with Crippen LogP contribution in [0.5, 0.6) is 0 Å². The molecule has 1 heterocycles. The van der Waals surface area contributed by atoms with Gasteiger partial charge in [0.05, 0.1) is 5.69 Å². The van der Waals surface area contributed by atoms with Gasteiger partial charge in [0.15, 0.2) is 0 Å². The van der Waals surface area contributed by atoms with Crippen molar-refractivity contribution >= 4 is 21.6 Å². The normalized spacial score (nSPS) is 25.4. The topological polar surface area (TPSA) is 15.3 Å². The molecule has 1 aliphatic heterocycles. The SMILES string of the molecule is CCC1CNC2(CCCC2)CN1c1ccc(F)cc1Br. The molecule has 0 aromatic heterocycles. The van der Waals surface area contributed by atoms with Gasteiger partial charge >= 0.3 is 0 Å². The smallest absolute Gasteiger partial charge is 0.124 e. The monoisotopic (exact) mass is 340 g/mol. The molecule has 0 amide bonds.